The van der Waals surface area contributed by atoms with Gasteiger partial charge in [0.1, 0.15) is 0 Å². The van der Waals surface area contributed by atoms with Gasteiger partial charge in [0, 0.05) is 17.9 Å². The highest BCUT2D eigenvalue weighted by atomic mass is 16.5. The number of hydrogen-bond donors (Lipinski definition) is 0. The summed E-state index contributed by atoms with van der Waals surface area (Å²) in [5.41, 5.74) is 4.43. The molecule has 1 aliphatic rings. The van der Waals surface area contributed by atoms with E-state index >= 15 is 0 Å². The van der Waals surface area contributed by atoms with E-state index in [0.29, 0.717) is 17.7 Å². The Morgan fingerprint density at radius 2 is 1.23 bits per heavy atom. The van der Waals surface area contributed by atoms with Gasteiger partial charge in [-0.05, 0) is 38.8 Å². The molecule has 0 amide bonds. The largest absolute Gasteiger partial charge is 0.463 e. The topological polar surface area (TPSA) is 55.8 Å². The van der Waals surface area contributed by atoms with Gasteiger partial charge >= 0.3 is 11.9 Å². The standard InChI is InChI=1S/C26H29NO4/c1-5-30-25(28)22-18(3)27(17-20-13-9-7-10-14-20)19(4)23(26(29)31-6-2)24(22)21-15-11-8-12-16-21/h7-16,24H,5-6,17H2,1-4H3. The minimum absolute atomic E-state index is 0.257. The summed E-state index contributed by atoms with van der Waals surface area (Å²) in [4.78, 5) is 28.3. The zero-order valence-corrected chi connectivity index (χ0v) is 18.6. The normalized spacial score (nSPS) is 14.6. The van der Waals surface area contributed by atoms with E-state index in [1.54, 1.807) is 13.8 Å². The number of carbonyl (C=O) groups excluding carboxylic acids is 2. The quantitative estimate of drug-likeness (QED) is 0.594. The summed E-state index contributed by atoms with van der Waals surface area (Å²) in [6.45, 7) is 8.44. The lowest BCUT2D eigenvalue weighted by molar-refractivity contribution is -0.139. The first-order valence-corrected chi connectivity index (χ1v) is 10.6. The molecule has 0 atom stereocenters. The molecule has 0 radical (unpaired) electrons. The first-order valence-electron chi connectivity index (χ1n) is 10.6. The molecule has 0 unspecified atom stereocenters. The van der Waals surface area contributed by atoms with Gasteiger partial charge in [0.25, 0.3) is 0 Å². The van der Waals surface area contributed by atoms with Gasteiger partial charge in [-0.25, -0.2) is 9.59 Å². The number of nitrogens with zero attached hydrogens (tertiary/aromatic N) is 1. The minimum Gasteiger partial charge on any atom is -0.463 e. The van der Waals surface area contributed by atoms with Crippen molar-refractivity contribution in [2.75, 3.05) is 13.2 Å². The highest BCUT2D eigenvalue weighted by Gasteiger charge is 2.40. The van der Waals surface area contributed by atoms with Crippen LogP contribution in [0.15, 0.2) is 83.2 Å². The fourth-order valence-electron chi connectivity index (χ4n) is 4.04. The number of allylic oxidation sites excluding steroid dienone is 2. The van der Waals surface area contributed by atoms with Gasteiger partial charge in [-0.15, -0.1) is 0 Å². The molecule has 0 spiro atoms. The number of rotatable bonds is 7. The smallest absolute Gasteiger partial charge is 0.336 e. The Kier molecular flexibility index (Phi) is 7.29. The summed E-state index contributed by atoms with van der Waals surface area (Å²) in [6.07, 6.45) is 0. The summed E-state index contributed by atoms with van der Waals surface area (Å²) in [5, 5.41) is 0. The lowest BCUT2D eigenvalue weighted by Gasteiger charge is -2.38. The first-order chi connectivity index (χ1) is 15.0. The van der Waals surface area contributed by atoms with E-state index in [-0.39, 0.29) is 13.2 Å². The molecule has 2 aromatic rings. The molecular formula is C26H29NO4. The second kappa shape index (κ2) is 10.1. The van der Waals surface area contributed by atoms with Crippen LogP contribution in [0, 0.1) is 0 Å². The Morgan fingerprint density at radius 1 is 0.774 bits per heavy atom. The third-order valence-corrected chi connectivity index (χ3v) is 5.47. The van der Waals surface area contributed by atoms with Gasteiger partial charge in [-0.2, -0.15) is 0 Å². The minimum atomic E-state index is -0.550. The molecule has 0 fully saturated rings. The van der Waals surface area contributed by atoms with Gasteiger partial charge in [0.15, 0.2) is 0 Å². The van der Waals surface area contributed by atoms with Crippen LogP contribution < -0.4 is 0 Å². The summed E-state index contributed by atoms with van der Waals surface area (Å²) in [5.74, 6) is -1.38. The van der Waals surface area contributed by atoms with E-state index in [2.05, 4.69) is 0 Å². The Hall–Kier alpha value is -3.34. The number of benzene rings is 2. The van der Waals surface area contributed by atoms with E-state index in [1.807, 2.05) is 79.4 Å². The second-order valence-corrected chi connectivity index (χ2v) is 7.35. The molecule has 0 aromatic heterocycles. The SMILES string of the molecule is CCOC(=O)C1=C(C)N(Cc2ccccc2)C(C)=C(C(=O)OCC)C1c1ccccc1. The van der Waals surface area contributed by atoms with E-state index in [0.717, 1.165) is 22.5 Å². The highest BCUT2D eigenvalue weighted by molar-refractivity contribution is 5.99. The van der Waals surface area contributed by atoms with Crippen molar-refractivity contribution in [3.05, 3.63) is 94.3 Å². The Labute approximate surface area is 184 Å². The van der Waals surface area contributed by atoms with Crippen LogP contribution in [0.5, 0.6) is 0 Å². The molecule has 31 heavy (non-hydrogen) atoms. The third-order valence-electron chi connectivity index (χ3n) is 5.47. The third kappa shape index (κ3) is 4.71. The van der Waals surface area contributed by atoms with E-state index < -0.39 is 17.9 Å². The lowest BCUT2D eigenvalue weighted by atomic mass is 9.79. The molecule has 1 heterocycles. The van der Waals surface area contributed by atoms with Crippen molar-refractivity contribution in [2.45, 2.75) is 40.2 Å². The molecule has 0 N–H and O–H groups in total. The van der Waals surface area contributed by atoms with Crippen LogP contribution in [0.4, 0.5) is 0 Å². The monoisotopic (exact) mass is 419 g/mol. The van der Waals surface area contributed by atoms with Crippen LogP contribution in [0.1, 0.15) is 44.7 Å². The van der Waals surface area contributed by atoms with E-state index in [9.17, 15) is 9.59 Å². The van der Waals surface area contributed by atoms with Crippen LogP contribution >= 0.6 is 0 Å². The van der Waals surface area contributed by atoms with Crippen LogP contribution in [-0.2, 0) is 25.6 Å². The fraction of sp³-hybridized carbons (Fsp3) is 0.308. The Balaban J connectivity index is 2.21. The summed E-state index contributed by atoms with van der Waals surface area (Å²) >= 11 is 0. The fourth-order valence-corrected chi connectivity index (χ4v) is 4.04. The van der Waals surface area contributed by atoms with Crippen LogP contribution in [0.3, 0.4) is 0 Å². The molecule has 5 heteroatoms. The summed E-state index contributed by atoms with van der Waals surface area (Å²) in [7, 11) is 0. The molecule has 5 nitrogen and oxygen atoms in total. The van der Waals surface area contributed by atoms with Crippen molar-refractivity contribution in [2.24, 2.45) is 0 Å². The highest BCUT2D eigenvalue weighted by Crippen LogP contribution is 2.43. The number of ether oxygens (including phenoxy) is 2. The van der Waals surface area contributed by atoms with Crippen LogP contribution in [-0.4, -0.2) is 30.1 Å². The predicted octanol–water partition coefficient (Wildman–Crippen LogP) is 4.96. The van der Waals surface area contributed by atoms with Crippen molar-refractivity contribution in [3.8, 4) is 0 Å². The van der Waals surface area contributed by atoms with Gasteiger partial charge in [-0.3, -0.25) is 0 Å². The average Bonchev–Trinajstić information content (AvgIpc) is 2.77. The zero-order valence-electron chi connectivity index (χ0n) is 18.6. The molecule has 162 valence electrons. The van der Waals surface area contributed by atoms with Crippen LogP contribution in [0.25, 0.3) is 0 Å². The molecule has 2 aromatic carbocycles. The summed E-state index contributed by atoms with van der Waals surface area (Å²) < 4.78 is 10.9. The maximum atomic E-state index is 13.1. The number of esters is 2. The molecule has 0 aliphatic carbocycles. The average molecular weight is 420 g/mol. The molecule has 1 aliphatic heterocycles. The van der Waals surface area contributed by atoms with E-state index in [4.69, 9.17) is 9.47 Å². The molecular weight excluding hydrogens is 390 g/mol. The van der Waals surface area contributed by atoms with E-state index in [1.165, 1.54) is 0 Å². The zero-order chi connectivity index (χ0) is 22.4. The Morgan fingerprint density at radius 3 is 1.68 bits per heavy atom. The predicted molar refractivity (Wildman–Crippen MR) is 120 cm³/mol. The van der Waals surface area contributed by atoms with Crippen LogP contribution in [0.2, 0.25) is 0 Å². The second-order valence-electron chi connectivity index (χ2n) is 7.35. The van der Waals surface area contributed by atoms with Crippen molar-refractivity contribution in [3.63, 3.8) is 0 Å². The first kappa shape index (κ1) is 22.3. The van der Waals surface area contributed by atoms with Crippen molar-refractivity contribution >= 4 is 11.9 Å². The molecule has 0 saturated carbocycles. The van der Waals surface area contributed by atoms with Gasteiger partial charge in [-0.1, -0.05) is 60.7 Å². The van der Waals surface area contributed by atoms with Gasteiger partial charge < -0.3 is 14.4 Å². The molecule has 0 saturated heterocycles. The maximum Gasteiger partial charge on any atom is 0.336 e. The van der Waals surface area contributed by atoms with Crippen molar-refractivity contribution < 1.29 is 19.1 Å². The maximum absolute atomic E-state index is 13.1. The van der Waals surface area contributed by atoms with Gasteiger partial charge in [0.2, 0.25) is 0 Å². The van der Waals surface area contributed by atoms with Crippen molar-refractivity contribution in [1.29, 1.82) is 0 Å². The summed E-state index contributed by atoms with van der Waals surface area (Å²) in [6, 6.07) is 19.5. The molecule has 3 rings (SSSR count). The number of hydrogen-bond acceptors (Lipinski definition) is 5. The van der Waals surface area contributed by atoms with Gasteiger partial charge in [0.05, 0.1) is 30.3 Å². The Bertz CT molecular complexity index is 951. The molecule has 0 bridgehead atoms. The number of carbonyl (C=O) groups is 2. The lowest BCUT2D eigenvalue weighted by Crippen LogP contribution is -2.35. The van der Waals surface area contributed by atoms with Crippen molar-refractivity contribution in [1.82, 2.24) is 4.90 Å².